The van der Waals surface area contributed by atoms with Crippen LogP contribution >= 0.6 is 11.6 Å². The van der Waals surface area contributed by atoms with Crippen LogP contribution in [0.5, 0.6) is 0 Å². The van der Waals surface area contributed by atoms with Gasteiger partial charge in [0.2, 0.25) is 0 Å². The van der Waals surface area contributed by atoms with Crippen molar-refractivity contribution in [1.29, 1.82) is 0 Å². The maximum Gasteiger partial charge on any atom is 0.312 e. The van der Waals surface area contributed by atoms with Gasteiger partial charge in [0.1, 0.15) is 0 Å². The van der Waals surface area contributed by atoms with E-state index in [4.69, 9.17) is 16.3 Å². The first-order chi connectivity index (χ1) is 12.3. The number of hydrogen-bond acceptors (Lipinski definition) is 3. The number of benzene rings is 1. The van der Waals surface area contributed by atoms with Crippen LogP contribution in [0.15, 0.2) is 18.2 Å². The summed E-state index contributed by atoms with van der Waals surface area (Å²) in [6.45, 7) is 3.68. The summed E-state index contributed by atoms with van der Waals surface area (Å²) in [5.41, 5.74) is 2.36. The highest BCUT2D eigenvalue weighted by Gasteiger charge is 2.60. The molecule has 4 bridgehead atoms. The van der Waals surface area contributed by atoms with Crippen molar-refractivity contribution in [3.8, 4) is 0 Å². The lowest BCUT2D eigenvalue weighted by Crippen LogP contribution is -2.56. The van der Waals surface area contributed by atoms with Crippen molar-refractivity contribution >= 4 is 29.2 Å². The summed E-state index contributed by atoms with van der Waals surface area (Å²) in [6, 6.07) is 5.89. The van der Waals surface area contributed by atoms with E-state index in [0.717, 1.165) is 42.5 Å². The smallest absolute Gasteiger partial charge is 0.312 e. The van der Waals surface area contributed by atoms with E-state index in [1.807, 2.05) is 32.0 Å². The molecule has 5 rings (SSSR count). The van der Waals surface area contributed by atoms with Gasteiger partial charge in [0.25, 0.3) is 5.91 Å². The zero-order valence-electron chi connectivity index (χ0n) is 15.4. The summed E-state index contributed by atoms with van der Waals surface area (Å²) in [7, 11) is 0. The summed E-state index contributed by atoms with van der Waals surface area (Å²) >= 11 is 6.78. The van der Waals surface area contributed by atoms with Gasteiger partial charge in [-0.2, -0.15) is 0 Å². The number of anilines is 1. The number of carbonyl (C=O) groups excluding carboxylic acids is 2. The number of rotatable bonds is 4. The number of amides is 1. The Balaban J connectivity index is 1.38. The van der Waals surface area contributed by atoms with Crippen molar-refractivity contribution in [2.24, 2.45) is 17.3 Å². The summed E-state index contributed by atoms with van der Waals surface area (Å²) in [5, 5.41) is 2.85. The molecule has 0 spiro atoms. The Labute approximate surface area is 159 Å². The highest BCUT2D eigenvalue weighted by atomic mass is 35.5. The van der Waals surface area contributed by atoms with E-state index in [1.165, 1.54) is 6.42 Å². The third-order valence-electron chi connectivity index (χ3n) is 6.42. The van der Waals surface area contributed by atoms with E-state index in [-0.39, 0.29) is 23.4 Å². The molecule has 0 aliphatic heterocycles. The Hall–Kier alpha value is -1.55. The molecule has 26 heavy (non-hydrogen) atoms. The van der Waals surface area contributed by atoms with Crippen LogP contribution in [-0.2, 0) is 14.3 Å². The minimum atomic E-state index is -0.467. The first kappa shape index (κ1) is 17.8. The Morgan fingerprint density at radius 2 is 1.88 bits per heavy atom. The summed E-state index contributed by atoms with van der Waals surface area (Å²) < 4.78 is 5.47. The van der Waals surface area contributed by atoms with Gasteiger partial charge < -0.3 is 10.1 Å². The SMILES string of the molecule is Cc1ccc(C)c(NC(=O)COC(=O)C23C[C@@H]4C[C@@H](CC(Cl)(C4)C2)C3)c1. The second kappa shape index (κ2) is 6.26. The maximum atomic E-state index is 12.9. The van der Waals surface area contributed by atoms with Crippen molar-refractivity contribution in [1.82, 2.24) is 0 Å². The average molecular weight is 376 g/mol. The topological polar surface area (TPSA) is 55.4 Å². The summed E-state index contributed by atoms with van der Waals surface area (Å²) in [6.07, 6.45) is 5.67. The average Bonchev–Trinajstić information content (AvgIpc) is 2.53. The van der Waals surface area contributed by atoms with E-state index in [2.05, 4.69) is 5.32 Å². The number of carbonyl (C=O) groups is 2. The minimum Gasteiger partial charge on any atom is -0.455 e. The van der Waals surface area contributed by atoms with Gasteiger partial charge in [0.15, 0.2) is 6.61 Å². The van der Waals surface area contributed by atoms with Gasteiger partial charge in [0.05, 0.1) is 5.41 Å². The van der Waals surface area contributed by atoms with Crippen molar-refractivity contribution in [2.75, 3.05) is 11.9 Å². The van der Waals surface area contributed by atoms with Crippen molar-refractivity contribution in [3.63, 3.8) is 0 Å². The molecule has 4 fully saturated rings. The van der Waals surface area contributed by atoms with E-state index in [1.54, 1.807) is 0 Å². The fourth-order valence-corrected chi connectivity index (χ4v) is 6.42. The van der Waals surface area contributed by atoms with Crippen molar-refractivity contribution in [2.45, 2.75) is 57.2 Å². The highest BCUT2D eigenvalue weighted by Crippen LogP contribution is 2.64. The molecule has 4 aliphatic carbocycles. The van der Waals surface area contributed by atoms with E-state index in [9.17, 15) is 9.59 Å². The molecule has 0 heterocycles. The summed E-state index contributed by atoms with van der Waals surface area (Å²) in [4.78, 5) is 24.9. The maximum absolute atomic E-state index is 12.9. The molecule has 5 heteroatoms. The van der Waals surface area contributed by atoms with Crippen LogP contribution in [0.4, 0.5) is 5.69 Å². The minimum absolute atomic E-state index is 0.229. The lowest BCUT2D eigenvalue weighted by molar-refractivity contribution is -0.171. The van der Waals surface area contributed by atoms with Gasteiger partial charge in [-0.25, -0.2) is 0 Å². The number of hydrogen-bond donors (Lipinski definition) is 1. The van der Waals surface area contributed by atoms with Gasteiger partial charge in [-0.3, -0.25) is 9.59 Å². The molecule has 1 aromatic rings. The molecular weight excluding hydrogens is 350 g/mol. The summed E-state index contributed by atoms with van der Waals surface area (Å²) in [5.74, 6) is 0.542. The van der Waals surface area contributed by atoms with E-state index >= 15 is 0 Å². The Morgan fingerprint density at radius 3 is 2.54 bits per heavy atom. The van der Waals surface area contributed by atoms with Crippen LogP contribution in [0, 0.1) is 31.1 Å². The third kappa shape index (κ3) is 3.24. The predicted molar refractivity (Wildman–Crippen MR) is 101 cm³/mol. The van der Waals surface area contributed by atoms with Crippen molar-refractivity contribution in [3.05, 3.63) is 29.3 Å². The number of alkyl halides is 1. The molecule has 2 unspecified atom stereocenters. The Morgan fingerprint density at radius 1 is 1.19 bits per heavy atom. The van der Waals surface area contributed by atoms with Crippen LogP contribution in [0.1, 0.15) is 49.7 Å². The molecule has 4 aliphatic rings. The molecule has 0 aromatic heterocycles. The molecule has 0 radical (unpaired) electrons. The van der Waals surface area contributed by atoms with Gasteiger partial charge in [-0.15, -0.1) is 11.6 Å². The van der Waals surface area contributed by atoms with Crippen molar-refractivity contribution < 1.29 is 14.3 Å². The van der Waals surface area contributed by atoms with E-state index in [0.29, 0.717) is 18.3 Å². The predicted octanol–water partition coefficient (Wildman–Crippen LogP) is 4.36. The molecule has 4 saturated carbocycles. The Kier molecular flexibility index (Phi) is 4.30. The zero-order valence-corrected chi connectivity index (χ0v) is 16.2. The molecule has 140 valence electrons. The number of halogens is 1. The quantitative estimate of drug-likeness (QED) is 0.628. The van der Waals surface area contributed by atoms with Crippen LogP contribution in [0.3, 0.4) is 0 Å². The molecule has 1 N–H and O–H groups in total. The van der Waals surface area contributed by atoms with Gasteiger partial charge in [-0.1, -0.05) is 12.1 Å². The standard InChI is InChI=1S/C21H26ClNO3/c1-13-3-4-14(2)17(5-13)23-18(24)11-26-19(25)20-7-15-6-16(8-20)10-21(22,9-15)12-20/h3-5,15-16H,6-12H2,1-2H3,(H,23,24)/t15-,16+,20?,21?. The van der Waals surface area contributed by atoms with Gasteiger partial charge >= 0.3 is 5.97 Å². The number of nitrogens with one attached hydrogen (secondary N) is 1. The molecule has 1 amide bonds. The van der Waals surface area contributed by atoms with Crippen LogP contribution in [0.25, 0.3) is 0 Å². The van der Waals surface area contributed by atoms with Gasteiger partial charge in [0, 0.05) is 10.6 Å². The van der Waals surface area contributed by atoms with Crippen LogP contribution < -0.4 is 5.32 Å². The lowest BCUT2D eigenvalue weighted by atomic mass is 9.49. The molecule has 0 saturated heterocycles. The lowest BCUT2D eigenvalue weighted by Gasteiger charge is -2.58. The number of esters is 1. The number of aryl methyl sites for hydroxylation is 2. The highest BCUT2D eigenvalue weighted by molar-refractivity contribution is 6.24. The van der Waals surface area contributed by atoms with Crippen LogP contribution in [0.2, 0.25) is 0 Å². The first-order valence-corrected chi connectivity index (χ1v) is 9.88. The fraction of sp³-hybridized carbons (Fsp3) is 0.619. The van der Waals surface area contributed by atoms with E-state index < -0.39 is 5.41 Å². The number of ether oxygens (including phenoxy) is 1. The molecule has 1 aromatic carbocycles. The zero-order chi connectivity index (χ0) is 18.5. The third-order valence-corrected chi connectivity index (χ3v) is 6.87. The second-order valence-corrected chi connectivity index (χ2v) is 9.64. The molecule has 4 atom stereocenters. The monoisotopic (exact) mass is 375 g/mol. The molecule has 4 nitrogen and oxygen atoms in total. The normalized spacial score (nSPS) is 34.6. The fourth-order valence-electron chi connectivity index (χ4n) is 5.73. The van der Waals surface area contributed by atoms with Crippen LogP contribution in [-0.4, -0.2) is 23.4 Å². The largest absolute Gasteiger partial charge is 0.455 e. The first-order valence-electron chi connectivity index (χ1n) is 9.50. The molecular formula is C21H26ClNO3. The van der Waals surface area contributed by atoms with Gasteiger partial charge in [-0.05, 0) is 81.4 Å². The Bertz CT molecular complexity index is 746. The second-order valence-electron chi connectivity index (χ2n) is 8.83.